The Morgan fingerprint density at radius 2 is 1.83 bits per heavy atom. The predicted octanol–water partition coefficient (Wildman–Crippen LogP) is 4.68. The van der Waals surface area contributed by atoms with Crippen molar-refractivity contribution in [2.45, 2.75) is 52.1 Å². The average Bonchev–Trinajstić information content (AvgIpc) is 2.39. The molecule has 0 atom stereocenters. The lowest BCUT2D eigenvalue weighted by Gasteiger charge is -2.10. The standard InChI is InChI=1S/C15H23BrO2/c1-2-3-4-5-6-7-10-18-15-9-8-14(16)11-13(15)12-17/h8-9,11,17H,2-7,10,12H2,1H3. The molecule has 0 saturated carbocycles. The van der Waals surface area contributed by atoms with E-state index in [2.05, 4.69) is 22.9 Å². The van der Waals surface area contributed by atoms with Gasteiger partial charge in [-0.1, -0.05) is 55.0 Å². The second-order valence-electron chi connectivity index (χ2n) is 4.53. The second kappa shape index (κ2) is 9.40. The molecule has 0 heterocycles. The Labute approximate surface area is 118 Å². The van der Waals surface area contributed by atoms with Crippen LogP contribution < -0.4 is 4.74 Å². The summed E-state index contributed by atoms with van der Waals surface area (Å²) < 4.78 is 6.68. The summed E-state index contributed by atoms with van der Waals surface area (Å²) in [4.78, 5) is 0. The van der Waals surface area contributed by atoms with Crippen molar-refractivity contribution in [2.75, 3.05) is 6.61 Å². The summed E-state index contributed by atoms with van der Waals surface area (Å²) in [6.07, 6.45) is 7.56. The first-order chi connectivity index (χ1) is 8.77. The summed E-state index contributed by atoms with van der Waals surface area (Å²) in [5.41, 5.74) is 0.843. The number of aliphatic hydroxyl groups excluding tert-OH is 1. The van der Waals surface area contributed by atoms with Crippen LogP contribution in [0.2, 0.25) is 0 Å². The van der Waals surface area contributed by atoms with Gasteiger partial charge in [0.05, 0.1) is 13.2 Å². The van der Waals surface area contributed by atoms with Gasteiger partial charge in [0.15, 0.2) is 0 Å². The summed E-state index contributed by atoms with van der Waals surface area (Å²) in [6.45, 7) is 2.99. The molecule has 0 radical (unpaired) electrons. The highest BCUT2D eigenvalue weighted by Gasteiger charge is 2.03. The molecule has 1 rings (SSSR count). The van der Waals surface area contributed by atoms with Crippen molar-refractivity contribution < 1.29 is 9.84 Å². The molecule has 0 aliphatic heterocycles. The van der Waals surface area contributed by atoms with E-state index in [-0.39, 0.29) is 6.61 Å². The highest BCUT2D eigenvalue weighted by Crippen LogP contribution is 2.23. The van der Waals surface area contributed by atoms with Crippen molar-refractivity contribution in [1.29, 1.82) is 0 Å². The number of hydrogen-bond acceptors (Lipinski definition) is 2. The fraction of sp³-hybridized carbons (Fsp3) is 0.600. The number of halogens is 1. The number of rotatable bonds is 9. The smallest absolute Gasteiger partial charge is 0.124 e. The van der Waals surface area contributed by atoms with Gasteiger partial charge in [-0.3, -0.25) is 0 Å². The Hall–Kier alpha value is -0.540. The van der Waals surface area contributed by atoms with Crippen molar-refractivity contribution >= 4 is 15.9 Å². The highest BCUT2D eigenvalue weighted by molar-refractivity contribution is 9.10. The van der Waals surface area contributed by atoms with Gasteiger partial charge in [-0.25, -0.2) is 0 Å². The molecule has 0 aliphatic rings. The fourth-order valence-corrected chi connectivity index (χ4v) is 2.29. The summed E-state index contributed by atoms with van der Waals surface area (Å²) in [7, 11) is 0. The largest absolute Gasteiger partial charge is 0.493 e. The molecule has 0 fully saturated rings. The molecule has 0 aromatic heterocycles. The van der Waals surface area contributed by atoms with E-state index >= 15 is 0 Å². The van der Waals surface area contributed by atoms with Crippen molar-refractivity contribution in [3.8, 4) is 5.75 Å². The molecule has 102 valence electrons. The van der Waals surface area contributed by atoms with Crippen molar-refractivity contribution in [1.82, 2.24) is 0 Å². The number of aliphatic hydroxyl groups is 1. The Balaban J connectivity index is 2.22. The van der Waals surface area contributed by atoms with Crippen LogP contribution in [0.15, 0.2) is 22.7 Å². The first kappa shape index (κ1) is 15.5. The quantitative estimate of drug-likeness (QED) is 0.670. The third kappa shape index (κ3) is 5.87. The molecule has 3 heteroatoms. The van der Waals surface area contributed by atoms with Gasteiger partial charge in [0, 0.05) is 10.0 Å². The summed E-state index contributed by atoms with van der Waals surface area (Å²) in [5.74, 6) is 0.800. The Morgan fingerprint density at radius 1 is 1.11 bits per heavy atom. The normalized spacial score (nSPS) is 10.6. The van der Waals surface area contributed by atoms with Crippen molar-refractivity contribution in [3.63, 3.8) is 0 Å². The predicted molar refractivity (Wildman–Crippen MR) is 78.9 cm³/mol. The molecule has 0 spiro atoms. The van der Waals surface area contributed by atoms with Gasteiger partial charge in [0.2, 0.25) is 0 Å². The van der Waals surface area contributed by atoms with E-state index in [0.717, 1.165) is 28.8 Å². The van der Waals surface area contributed by atoms with E-state index in [1.165, 1.54) is 32.1 Å². The van der Waals surface area contributed by atoms with Crippen molar-refractivity contribution in [2.24, 2.45) is 0 Å². The van der Waals surface area contributed by atoms with E-state index < -0.39 is 0 Å². The molecular formula is C15H23BrO2. The van der Waals surface area contributed by atoms with Crippen LogP contribution in [0.4, 0.5) is 0 Å². The molecule has 1 aromatic carbocycles. The topological polar surface area (TPSA) is 29.5 Å². The highest BCUT2D eigenvalue weighted by atomic mass is 79.9. The minimum atomic E-state index is 0.0191. The number of ether oxygens (including phenoxy) is 1. The van der Waals surface area contributed by atoms with E-state index in [0.29, 0.717) is 0 Å². The third-order valence-corrected chi connectivity index (χ3v) is 3.44. The zero-order chi connectivity index (χ0) is 13.2. The molecule has 0 aliphatic carbocycles. The van der Waals surface area contributed by atoms with E-state index in [9.17, 15) is 5.11 Å². The maximum Gasteiger partial charge on any atom is 0.124 e. The monoisotopic (exact) mass is 314 g/mol. The van der Waals surface area contributed by atoms with Gasteiger partial charge in [0.25, 0.3) is 0 Å². The van der Waals surface area contributed by atoms with Crippen LogP contribution in [0, 0.1) is 0 Å². The van der Waals surface area contributed by atoms with E-state index in [4.69, 9.17) is 4.74 Å². The molecule has 0 bridgehead atoms. The molecule has 2 nitrogen and oxygen atoms in total. The number of benzene rings is 1. The van der Waals surface area contributed by atoms with Gasteiger partial charge >= 0.3 is 0 Å². The maximum absolute atomic E-state index is 9.24. The van der Waals surface area contributed by atoms with Crippen LogP contribution in [0.3, 0.4) is 0 Å². The molecule has 0 unspecified atom stereocenters. The Morgan fingerprint density at radius 3 is 2.56 bits per heavy atom. The molecule has 18 heavy (non-hydrogen) atoms. The lowest BCUT2D eigenvalue weighted by Crippen LogP contribution is -2.00. The Bertz CT molecular complexity index is 339. The lowest BCUT2D eigenvalue weighted by atomic mass is 10.1. The van der Waals surface area contributed by atoms with E-state index in [1.807, 2.05) is 18.2 Å². The van der Waals surface area contributed by atoms with Gasteiger partial charge in [-0.2, -0.15) is 0 Å². The van der Waals surface area contributed by atoms with Gasteiger partial charge in [-0.15, -0.1) is 0 Å². The maximum atomic E-state index is 9.24. The van der Waals surface area contributed by atoms with Crippen LogP contribution in [0.25, 0.3) is 0 Å². The van der Waals surface area contributed by atoms with Gasteiger partial charge in [-0.05, 0) is 24.6 Å². The first-order valence-electron chi connectivity index (χ1n) is 6.80. The lowest BCUT2D eigenvalue weighted by molar-refractivity contribution is 0.259. The molecule has 0 amide bonds. The molecule has 1 N–H and O–H groups in total. The fourth-order valence-electron chi connectivity index (χ4n) is 1.88. The van der Waals surface area contributed by atoms with E-state index in [1.54, 1.807) is 0 Å². The zero-order valence-electron chi connectivity index (χ0n) is 11.1. The summed E-state index contributed by atoms with van der Waals surface area (Å²) in [6, 6.07) is 5.75. The SMILES string of the molecule is CCCCCCCCOc1ccc(Br)cc1CO. The van der Waals surface area contributed by atoms with Crippen LogP contribution >= 0.6 is 15.9 Å². The van der Waals surface area contributed by atoms with Crippen LogP contribution in [-0.4, -0.2) is 11.7 Å². The van der Waals surface area contributed by atoms with Gasteiger partial charge < -0.3 is 9.84 Å². The molecular weight excluding hydrogens is 292 g/mol. The zero-order valence-corrected chi connectivity index (χ0v) is 12.7. The van der Waals surface area contributed by atoms with Crippen LogP contribution in [0.5, 0.6) is 5.75 Å². The Kier molecular flexibility index (Phi) is 8.10. The third-order valence-electron chi connectivity index (χ3n) is 2.95. The van der Waals surface area contributed by atoms with Crippen LogP contribution in [-0.2, 0) is 6.61 Å². The minimum absolute atomic E-state index is 0.0191. The second-order valence-corrected chi connectivity index (χ2v) is 5.44. The minimum Gasteiger partial charge on any atom is -0.493 e. The van der Waals surface area contributed by atoms with Crippen molar-refractivity contribution in [3.05, 3.63) is 28.2 Å². The van der Waals surface area contributed by atoms with Gasteiger partial charge in [0.1, 0.15) is 5.75 Å². The first-order valence-corrected chi connectivity index (χ1v) is 7.59. The summed E-state index contributed by atoms with van der Waals surface area (Å²) >= 11 is 3.39. The molecule has 0 saturated heterocycles. The molecule has 1 aromatic rings. The average molecular weight is 315 g/mol. The number of hydrogen-bond donors (Lipinski definition) is 1. The summed E-state index contributed by atoms with van der Waals surface area (Å²) in [5, 5.41) is 9.24. The number of unbranched alkanes of at least 4 members (excludes halogenated alkanes) is 5. The van der Waals surface area contributed by atoms with Crippen LogP contribution in [0.1, 0.15) is 51.0 Å².